The number of benzene rings is 2. The monoisotopic (exact) mass is 380 g/mol. The molecule has 28 heavy (non-hydrogen) atoms. The van der Waals surface area contributed by atoms with Gasteiger partial charge in [0.15, 0.2) is 0 Å². The highest BCUT2D eigenvalue weighted by atomic mass is 16.5. The van der Waals surface area contributed by atoms with Crippen LogP contribution in [0.2, 0.25) is 0 Å². The quantitative estimate of drug-likeness (QED) is 0.821. The summed E-state index contributed by atoms with van der Waals surface area (Å²) in [4.78, 5) is 2.42. The summed E-state index contributed by atoms with van der Waals surface area (Å²) < 4.78 is 6.19. The average molecular weight is 381 g/mol. The molecule has 4 heteroatoms. The first-order valence-electron chi connectivity index (χ1n) is 10.6. The number of phenolic OH excluding ortho intramolecular Hbond substituents is 1. The Hall–Kier alpha value is -2.04. The molecule has 2 aromatic rings. The number of rotatable bonds is 5. The Bertz CT molecular complexity index is 784. The molecule has 4 rings (SSSR count). The van der Waals surface area contributed by atoms with Gasteiger partial charge in [-0.1, -0.05) is 24.6 Å². The summed E-state index contributed by atoms with van der Waals surface area (Å²) >= 11 is 0. The van der Waals surface area contributed by atoms with Crippen molar-refractivity contribution in [1.82, 2.24) is 10.2 Å². The molecule has 2 aliphatic rings. The maximum Gasteiger partial charge on any atom is 0.119 e. The second kappa shape index (κ2) is 8.54. The molecule has 3 unspecified atom stereocenters. The Morgan fingerprint density at radius 1 is 1.18 bits per heavy atom. The highest BCUT2D eigenvalue weighted by Gasteiger charge is 2.25. The largest absolute Gasteiger partial charge is 0.508 e. The van der Waals surface area contributed by atoms with Crippen LogP contribution in [0.1, 0.15) is 48.9 Å². The third-order valence-electron chi connectivity index (χ3n) is 6.34. The predicted octanol–water partition coefficient (Wildman–Crippen LogP) is 4.07. The van der Waals surface area contributed by atoms with Gasteiger partial charge in [0.05, 0.1) is 0 Å². The number of hydrogen-bond donors (Lipinski definition) is 2. The van der Waals surface area contributed by atoms with Crippen molar-refractivity contribution in [1.29, 1.82) is 0 Å². The van der Waals surface area contributed by atoms with Gasteiger partial charge in [-0.15, -0.1) is 0 Å². The first-order valence-corrected chi connectivity index (χ1v) is 10.6. The lowest BCUT2D eigenvalue weighted by molar-refractivity contribution is 0.152. The van der Waals surface area contributed by atoms with Gasteiger partial charge < -0.3 is 15.2 Å². The first-order chi connectivity index (χ1) is 13.6. The van der Waals surface area contributed by atoms with E-state index in [2.05, 4.69) is 54.5 Å². The van der Waals surface area contributed by atoms with Crippen LogP contribution in [0.15, 0.2) is 42.5 Å². The highest BCUT2D eigenvalue weighted by Crippen LogP contribution is 2.33. The Labute approximate surface area is 168 Å². The van der Waals surface area contributed by atoms with Crippen molar-refractivity contribution >= 4 is 0 Å². The summed E-state index contributed by atoms with van der Waals surface area (Å²) in [5, 5.41) is 13.4. The minimum Gasteiger partial charge on any atom is -0.508 e. The molecular weight excluding hydrogens is 348 g/mol. The van der Waals surface area contributed by atoms with Crippen molar-refractivity contribution in [2.24, 2.45) is 0 Å². The summed E-state index contributed by atoms with van der Waals surface area (Å²) in [6.07, 6.45) is 5.91. The molecule has 4 nitrogen and oxygen atoms in total. The van der Waals surface area contributed by atoms with Crippen molar-refractivity contribution in [3.63, 3.8) is 0 Å². The molecule has 3 atom stereocenters. The fraction of sp³-hybridized carbons (Fsp3) is 0.500. The zero-order valence-corrected chi connectivity index (χ0v) is 17.0. The van der Waals surface area contributed by atoms with E-state index < -0.39 is 0 Å². The van der Waals surface area contributed by atoms with E-state index in [1.807, 2.05) is 12.1 Å². The van der Waals surface area contributed by atoms with Crippen LogP contribution in [-0.4, -0.2) is 42.3 Å². The van der Waals surface area contributed by atoms with Crippen LogP contribution in [0.5, 0.6) is 11.5 Å². The molecule has 150 valence electrons. The van der Waals surface area contributed by atoms with Crippen molar-refractivity contribution in [3.8, 4) is 11.5 Å². The molecule has 0 spiro atoms. The fourth-order valence-corrected chi connectivity index (χ4v) is 4.59. The number of aromatic hydroxyl groups is 1. The molecule has 2 N–H and O–H groups in total. The summed E-state index contributed by atoms with van der Waals surface area (Å²) in [5.74, 6) is 1.32. The topological polar surface area (TPSA) is 44.7 Å². The van der Waals surface area contributed by atoms with Crippen LogP contribution in [0.3, 0.4) is 0 Å². The van der Waals surface area contributed by atoms with E-state index in [4.69, 9.17) is 4.74 Å². The number of likely N-dealkylation sites (N-methyl/N-ethyl adjacent to an activating group) is 1. The molecule has 0 saturated carbocycles. The van der Waals surface area contributed by atoms with Gasteiger partial charge in [-0.05, 0) is 87.2 Å². The lowest BCUT2D eigenvalue weighted by atomic mass is 9.89. The van der Waals surface area contributed by atoms with Gasteiger partial charge in [0.2, 0.25) is 0 Å². The van der Waals surface area contributed by atoms with Gasteiger partial charge in [0, 0.05) is 18.6 Å². The van der Waals surface area contributed by atoms with Gasteiger partial charge in [-0.25, -0.2) is 0 Å². The number of nitrogens with zero attached hydrogens (tertiary/aromatic N) is 1. The van der Waals surface area contributed by atoms with E-state index >= 15 is 0 Å². The second-order valence-corrected chi connectivity index (χ2v) is 8.36. The van der Waals surface area contributed by atoms with Crippen molar-refractivity contribution in [3.05, 3.63) is 59.2 Å². The summed E-state index contributed by atoms with van der Waals surface area (Å²) in [5.41, 5.74) is 3.93. The van der Waals surface area contributed by atoms with Crippen LogP contribution in [0, 0.1) is 0 Å². The highest BCUT2D eigenvalue weighted by molar-refractivity contribution is 5.40. The molecule has 0 bridgehead atoms. The lowest BCUT2D eigenvalue weighted by Gasteiger charge is -2.35. The van der Waals surface area contributed by atoms with Crippen LogP contribution in [0.4, 0.5) is 0 Å². The molecular formula is C24H32N2O2. The van der Waals surface area contributed by atoms with E-state index in [1.165, 1.54) is 36.0 Å². The number of piperidine rings is 1. The maximum absolute atomic E-state index is 9.79. The smallest absolute Gasteiger partial charge is 0.119 e. The molecule has 2 aromatic carbocycles. The third-order valence-corrected chi connectivity index (χ3v) is 6.34. The number of nitrogens with one attached hydrogen (secondary N) is 1. The molecule has 0 amide bonds. The third kappa shape index (κ3) is 4.34. The molecule has 1 saturated heterocycles. The zero-order valence-electron chi connectivity index (χ0n) is 17.0. The van der Waals surface area contributed by atoms with E-state index in [0.29, 0.717) is 17.8 Å². The van der Waals surface area contributed by atoms with Gasteiger partial charge >= 0.3 is 0 Å². The number of hydrogen-bond acceptors (Lipinski definition) is 4. The number of phenols is 1. The molecule has 1 fully saturated rings. The molecule has 2 aliphatic heterocycles. The van der Waals surface area contributed by atoms with Crippen LogP contribution < -0.4 is 10.1 Å². The minimum absolute atomic E-state index is 0.190. The normalized spacial score (nSPS) is 23.8. The van der Waals surface area contributed by atoms with Gasteiger partial charge in [0.1, 0.15) is 17.6 Å². The second-order valence-electron chi connectivity index (χ2n) is 8.36. The van der Waals surface area contributed by atoms with Crippen molar-refractivity contribution in [2.45, 2.75) is 57.2 Å². The molecule has 0 aliphatic carbocycles. The SMILES string of the molecule is CC(Oc1ccc(CC2c3ccc(O)cc3CCN2C)cc1)C1CCCCN1. The van der Waals surface area contributed by atoms with Gasteiger partial charge in [0.25, 0.3) is 0 Å². The number of fused-ring (bicyclic) bond motifs is 1. The van der Waals surface area contributed by atoms with Gasteiger partial charge in [-0.3, -0.25) is 4.90 Å². The Morgan fingerprint density at radius 3 is 2.75 bits per heavy atom. The van der Waals surface area contributed by atoms with Crippen LogP contribution in [-0.2, 0) is 12.8 Å². The average Bonchev–Trinajstić information content (AvgIpc) is 2.72. The predicted molar refractivity (Wildman–Crippen MR) is 113 cm³/mol. The van der Waals surface area contributed by atoms with E-state index in [1.54, 1.807) is 0 Å². The Kier molecular flexibility index (Phi) is 5.88. The van der Waals surface area contributed by atoms with Crippen LogP contribution >= 0.6 is 0 Å². The Balaban J connectivity index is 1.42. The zero-order chi connectivity index (χ0) is 19.5. The molecule has 0 radical (unpaired) electrons. The summed E-state index contributed by atoms with van der Waals surface area (Å²) in [6, 6.07) is 15.2. The van der Waals surface area contributed by atoms with Gasteiger partial charge in [-0.2, -0.15) is 0 Å². The van der Waals surface area contributed by atoms with Crippen LogP contribution in [0.25, 0.3) is 0 Å². The standard InChI is InChI=1S/C24H32N2O2/c1-17(23-5-3-4-13-25-23)28-21-9-6-18(7-10-21)15-24-22-11-8-20(27)16-19(22)12-14-26(24)2/h6-11,16-17,23-25,27H,3-5,12-15H2,1-2H3. The van der Waals surface area contributed by atoms with E-state index in [-0.39, 0.29) is 6.10 Å². The number of ether oxygens (including phenoxy) is 1. The fourth-order valence-electron chi connectivity index (χ4n) is 4.59. The van der Waals surface area contributed by atoms with E-state index in [0.717, 1.165) is 31.7 Å². The summed E-state index contributed by atoms with van der Waals surface area (Å²) in [7, 11) is 2.19. The van der Waals surface area contributed by atoms with Crippen molar-refractivity contribution in [2.75, 3.05) is 20.1 Å². The maximum atomic E-state index is 9.79. The minimum atomic E-state index is 0.190. The summed E-state index contributed by atoms with van der Waals surface area (Å²) in [6.45, 7) is 4.29. The van der Waals surface area contributed by atoms with Crippen molar-refractivity contribution < 1.29 is 9.84 Å². The molecule has 2 heterocycles. The van der Waals surface area contributed by atoms with E-state index in [9.17, 15) is 5.11 Å². The Morgan fingerprint density at radius 2 is 2.00 bits per heavy atom. The first kappa shape index (κ1) is 19.3. The molecule has 0 aromatic heterocycles. The lowest BCUT2D eigenvalue weighted by Crippen LogP contribution is -2.44.